The predicted octanol–water partition coefficient (Wildman–Crippen LogP) is 3.79. The second-order valence-electron chi connectivity index (χ2n) is 4.19. The summed E-state index contributed by atoms with van der Waals surface area (Å²) in [5, 5.41) is 6.20. The number of carbonyl (C=O) groups is 1. The number of hydrogen-bond acceptors (Lipinski definition) is 3. The van der Waals surface area contributed by atoms with E-state index in [9.17, 15) is 4.79 Å². The Bertz CT molecular complexity index is 489. The van der Waals surface area contributed by atoms with E-state index >= 15 is 0 Å². The molecule has 0 saturated carbocycles. The highest BCUT2D eigenvalue weighted by atomic mass is 32.1. The topological polar surface area (TPSA) is 20.3 Å². The highest BCUT2D eigenvalue weighted by Crippen LogP contribution is 2.34. The van der Waals surface area contributed by atoms with Gasteiger partial charge >= 0.3 is 0 Å². The average Bonchev–Trinajstić information content (AvgIpc) is 3.09. The Hall–Kier alpha value is -1.13. The molecule has 3 rings (SSSR count). The van der Waals surface area contributed by atoms with Crippen molar-refractivity contribution in [3.05, 3.63) is 44.8 Å². The molecule has 4 heteroatoms. The molecule has 88 valence electrons. The third kappa shape index (κ3) is 2.03. The fourth-order valence-electron chi connectivity index (χ4n) is 2.36. The molecule has 0 aromatic carbocycles. The minimum absolute atomic E-state index is 0.189. The summed E-state index contributed by atoms with van der Waals surface area (Å²) in [7, 11) is 0. The van der Waals surface area contributed by atoms with Crippen LogP contribution in [0.4, 0.5) is 0 Å². The van der Waals surface area contributed by atoms with Gasteiger partial charge in [0.25, 0.3) is 5.91 Å². The first-order valence-electron chi connectivity index (χ1n) is 5.73. The Morgan fingerprint density at radius 1 is 1.35 bits per heavy atom. The molecule has 0 radical (unpaired) electrons. The third-order valence-corrected chi connectivity index (χ3v) is 4.73. The third-order valence-electron chi connectivity index (χ3n) is 3.17. The molecule has 0 N–H and O–H groups in total. The van der Waals surface area contributed by atoms with E-state index in [1.54, 1.807) is 11.3 Å². The lowest BCUT2D eigenvalue weighted by atomic mass is 10.1. The maximum atomic E-state index is 12.4. The van der Waals surface area contributed by atoms with Gasteiger partial charge in [-0.15, -0.1) is 11.3 Å². The fraction of sp³-hybridized carbons (Fsp3) is 0.308. The molecule has 0 unspecified atom stereocenters. The summed E-state index contributed by atoms with van der Waals surface area (Å²) in [6.45, 7) is 0.886. The van der Waals surface area contributed by atoms with Crippen molar-refractivity contribution in [2.75, 3.05) is 6.54 Å². The maximum Gasteiger partial charge on any atom is 0.264 e. The molecule has 2 aromatic rings. The van der Waals surface area contributed by atoms with E-state index in [1.807, 2.05) is 22.4 Å². The Kier molecular flexibility index (Phi) is 2.99. The summed E-state index contributed by atoms with van der Waals surface area (Å²) in [6.07, 6.45) is 2.20. The Morgan fingerprint density at radius 2 is 2.29 bits per heavy atom. The molecule has 0 spiro atoms. The second kappa shape index (κ2) is 4.63. The van der Waals surface area contributed by atoms with Gasteiger partial charge < -0.3 is 4.90 Å². The molecule has 1 amide bonds. The van der Waals surface area contributed by atoms with Gasteiger partial charge in [0.05, 0.1) is 10.9 Å². The molecule has 2 aromatic heterocycles. The van der Waals surface area contributed by atoms with Crippen LogP contribution in [0.1, 0.15) is 34.1 Å². The largest absolute Gasteiger partial charge is 0.331 e. The van der Waals surface area contributed by atoms with E-state index in [0.717, 1.165) is 24.3 Å². The van der Waals surface area contributed by atoms with Crippen LogP contribution in [0, 0.1) is 0 Å². The zero-order chi connectivity index (χ0) is 11.7. The SMILES string of the molecule is O=C(c1cccs1)N1CCC[C@H]1c1ccsc1. The molecule has 1 atom stereocenters. The van der Waals surface area contributed by atoms with E-state index in [2.05, 4.69) is 16.8 Å². The second-order valence-corrected chi connectivity index (χ2v) is 5.92. The maximum absolute atomic E-state index is 12.4. The van der Waals surface area contributed by atoms with Gasteiger partial charge in [-0.3, -0.25) is 4.79 Å². The first-order valence-corrected chi connectivity index (χ1v) is 7.55. The van der Waals surface area contributed by atoms with Crippen LogP contribution in [0.2, 0.25) is 0 Å². The average molecular weight is 263 g/mol. The summed E-state index contributed by atoms with van der Waals surface area (Å²) in [5.74, 6) is 0.189. The fourth-order valence-corrected chi connectivity index (χ4v) is 3.75. The molecule has 0 bridgehead atoms. The van der Waals surface area contributed by atoms with Crippen LogP contribution in [-0.2, 0) is 0 Å². The van der Waals surface area contributed by atoms with Crippen molar-refractivity contribution in [1.29, 1.82) is 0 Å². The molecule has 0 aliphatic carbocycles. The zero-order valence-corrected chi connectivity index (χ0v) is 11.0. The van der Waals surface area contributed by atoms with E-state index in [4.69, 9.17) is 0 Å². The number of nitrogens with zero attached hydrogens (tertiary/aromatic N) is 1. The minimum atomic E-state index is 0.189. The van der Waals surface area contributed by atoms with Gasteiger partial charge in [-0.1, -0.05) is 6.07 Å². The summed E-state index contributed by atoms with van der Waals surface area (Å²) < 4.78 is 0. The normalized spacial score (nSPS) is 19.8. The van der Waals surface area contributed by atoms with Crippen molar-refractivity contribution < 1.29 is 4.79 Å². The van der Waals surface area contributed by atoms with Gasteiger partial charge in [0.15, 0.2) is 0 Å². The summed E-state index contributed by atoms with van der Waals surface area (Å²) >= 11 is 3.23. The summed E-state index contributed by atoms with van der Waals surface area (Å²) in [5.41, 5.74) is 1.29. The van der Waals surface area contributed by atoms with Crippen LogP contribution in [0.3, 0.4) is 0 Å². The van der Waals surface area contributed by atoms with Gasteiger partial charge in [0, 0.05) is 6.54 Å². The van der Waals surface area contributed by atoms with E-state index in [1.165, 1.54) is 16.9 Å². The van der Waals surface area contributed by atoms with Crippen molar-refractivity contribution in [3.8, 4) is 0 Å². The zero-order valence-electron chi connectivity index (χ0n) is 9.33. The Morgan fingerprint density at radius 3 is 3.00 bits per heavy atom. The molecule has 1 aliphatic heterocycles. The number of likely N-dealkylation sites (tertiary alicyclic amines) is 1. The van der Waals surface area contributed by atoms with Crippen molar-refractivity contribution in [1.82, 2.24) is 4.90 Å². The van der Waals surface area contributed by atoms with Gasteiger partial charge in [-0.25, -0.2) is 0 Å². The molecule has 1 saturated heterocycles. The monoisotopic (exact) mass is 263 g/mol. The number of thiophene rings is 2. The van der Waals surface area contributed by atoms with Gasteiger partial charge in [-0.2, -0.15) is 11.3 Å². The Balaban J connectivity index is 1.85. The van der Waals surface area contributed by atoms with Crippen LogP contribution < -0.4 is 0 Å². The first-order chi connectivity index (χ1) is 8.36. The summed E-state index contributed by atoms with van der Waals surface area (Å²) in [6, 6.07) is 6.27. The quantitative estimate of drug-likeness (QED) is 0.807. The highest BCUT2D eigenvalue weighted by molar-refractivity contribution is 7.12. The van der Waals surface area contributed by atoms with Gasteiger partial charge in [0.2, 0.25) is 0 Å². The predicted molar refractivity (Wildman–Crippen MR) is 71.6 cm³/mol. The number of hydrogen-bond donors (Lipinski definition) is 0. The first kappa shape index (κ1) is 11.0. The van der Waals surface area contributed by atoms with Crippen molar-refractivity contribution in [2.45, 2.75) is 18.9 Å². The molecule has 3 heterocycles. The number of carbonyl (C=O) groups excluding carboxylic acids is 1. The molecular weight excluding hydrogens is 250 g/mol. The molecule has 1 fully saturated rings. The molecule has 17 heavy (non-hydrogen) atoms. The van der Waals surface area contributed by atoms with Crippen molar-refractivity contribution in [2.24, 2.45) is 0 Å². The van der Waals surface area contributed by atoms with Gasteiger partial charge in [-0.05, 0) is 46.7 Å². The van der Waals surface area contributed by atoms with Crippen LogP contribution in [0.15, 0.2) is 34.3 Å². The lowest BCUT2D eigenvalue weighted by Crippen LogP contribution is -2.29. The van der Waals surface area contributed by atoms with E-state index in [0.29, 0.717) is 0 Å². The van der Waals surface area contributed by atoms with Crippen molar-refractivity contribution in [3.63, 3.8) is 0 Å². The lowest BCUT2D eigenvalue weighted by molar-refractivity contribution is 0.0741. The number of amides is 1. The van der Waals surface area contributed by atoms with Crippen molar-refractivity contribution >= 4 is 28.6 Å². The highest BCUT2D eigenvalue weighted by Gasteiger charge is 2.30. The summed E-state index contributed by atoms with van der Waals surface area (Å²) in [4.78, 5) is 15.2. The standard InChI is InChI=1S/C13H13NOS2/c15-13(12-4-2-7-17-12)14-6-1-3-11(14)10-5-8-16-9-10/h2,4-5,7-9,11H,1,3,6H2/t11-/m0/s1. The molecular formula is C13H13NOS2. The van der Waals surface area contributed by atoms with Crippen LogP contribution >= 0.6 is 22.7 Å². The van der Waals surface area contributed by atoms with Crippen LogP contribution in [0.25, 0.3) is 0 Å². The number of rotatable bonds is 2. The van der Waals surface area contributed by atoms with Gasteiger partial charge in [0.1, 0.15) is 0 Å². The molecule has 1 aliphatic rings. The van der Waals surface area contributed by atoms with E-state index < -0.39 is 0 Å². The van der Waals surface area contributed by atoms with Crippen LogP contribution in [-0.4, -0.2) is 17.4 Å². The lowest BCUT2D eigenvalue weighted by Gasteiger charge is -2.23. The Labute approximate surface area is 109 Å². The smallest absolute Gasteiger partial charge is 0.264 e. The van der Waals surface area contributed by atoms with E-state index in [-0.39, 0.29) is 11.9 Å². The molecule has 2 nitrogen and oxygen atoms in total. The minimum Gasteiger partial charge on any atom is -0.331 e. The van der Waals surface area contributed by atoms with Crippen LogP contribution in [0.5, 0.6) is 0 Å².